The molecule has 3 rings (SSSR count). The maximum Gasteiger partial charge on any atom is 0.423 e. The SMILES string of the molecule is CC(C)(C)OC(=O)N[C@H]1CCN(c2c(F)cc(C(=O)NNC(=O)O)c(NC3CC3)c2Cl)C1. The second-order valence-electron chi connectivity index (χ2n) is 8.82. The van der Waals surface area contributed by atoms with E-state index in [1.54, 1.807) is 31.1 Å². The third-order valence-corrected chi connectivity index (χ3v) is 5.24. The number of amides is 3. The number of rotatable bonds is 5. The summed E-state index contributed by atoms with van der Waals surface area (Å²) in [6.07, 6.45) is 0.306. The zero-order valence-corrected chi connectivity index (χ0v) is 18.8. The van der Waals surface area contributed by atoms with Gasteiger partial charge in [0.15, 0.2) is 0 Å². The van der Waals surface area contributed by atoms with Crippen LogP contribution in [0.25, 0.3) is 0 Å². The molecule has 2 aliphatic rings. The van der Waals surface area contributed by atoms with Gasteiger partial charge in [0.1, 0.15) is 11.4 Å². The normalized spacial score (nSPS) is 18.2. The average molecular weight is 472 g/mol. The maximum atomic E-state index is 15.1. The highest BCUT2D eigenvalue weighted by atomic mass is 35.5. The fourth-order valence-corrected chi connectivity index (χ4v) is 3.75. The summed E-state index contributed by atoms with van der Waals surface area (Å²) >= 11 is 6.55. The molecule has 0 spiro atoms. The fraction of sp³-hybridized carbons (Fsp3) is 0.550. The molecular formula is C20H27ClFN5O5. The molecule has 0 unspecified atom stereocenters. The zero-order chi connectivity index (χ0) is 23.6. The molecule has 5 N–H and O–H groups in total. The van der Waals surface area contributed by atoms with Gasteiger partial charge in [-0.3, -0.25) is 10.2 Å². The van der Waals surface area contributed by atoms with Gasteiger partial charge in [0.25, 0.3) is 5.91 Å². The molecule has 10 nitrogen and oxygen atoms in total. The summed E-state index contributed by atoms with van der Waals surface area (Å²) in [5.74, 6) is -1.57. The molecule has 1 aromatic rings. The van der Waals surface area contributed by atoms with Crippen molar-refractivity contribution in [1.29, 1.82) is 0 Å². The van der Waals surface area contributed by atoms with Crippen molar-refractivity contribution < 1.29 is 28.6 Å². The Bertz CT molecular complexity index is 919. The highest BCUT2D eigenvalue weighted by molar-refractivity contribution is 6.37. The zero-order valence-electron chi connectivity index (χ0n) is 18.1. The van der Waals surface area contributed by atoms with E-state index in [4.69, 9.17) is 21.4 Å². The van der Waals surface area contributed by atoms with Gasteiger partial charge in [0, 0.05) is 19.1 Å². The van der Waals surface area contributed by atoms with E-state index in [1.807, 2.05) is 5.43 Å². The number of hydrogen-bond acceptors (Lipinski definition) is 6. The molecule has 1 heterocycles. The molecule has 0 bridgehead atoms. The first-order valence-electron chi connectivity index (χ1n) is 10.3. The monoisotopic (exact) mass is 471 g/mol. The predicted molar refractivity (Wildman–Crippen MR) is 117 cm³/mol. The van der Waals surface area contributed by atoms with Gasteiger partial charge in [0.05, 0.1) is 28.0 Å². The summed E-state index contributed by atoms with van der Waals surface area (Å²) in [6.45, 7) is 6.04. The van der Waals surface area contributed by atoms with Crippen LogP contribution in [0.3, 0.4) is 0 Å². The molecule has 0 radical (unpaired) electrons. The van der Waals surface area contributed by atoms with Gasteiger partial charge in [-0.2, -0.15) is 0 Å². The smallest absolute Gasteiger partial charge is 0.423 e. The van der Waals surface area contributed by atoms with Crippen LogP contribution in [-0.4, -0.2) is 54.0 Å². The van der Waals surface area contributed by atoms with Crippen molar-refractivity contribution >= 4 is 41.1 Å². The van der Waals surface area contributed by atoms with Crippen LogP contribution in [0.1, 0.15) is 50.4 Å². The molecule has 1 aromatic carbocycles. The second kappa shape index (κ2) is 9.27. The van der Waals surface area contributed by atoms with E-state index in [9.17, 15) is 14.4 Å². The Balaban J connectivity index is 1.80. The molecule has 3 amide bonds. The lowest BCUT2D eigenvalue weighted by atomic mass is 10.1. The number of carboxylic acid groups (broad SMARTS) is 1. The van der Waals surface area contributed by atoms with Gasteiger partial charge in [0.2, 0.25) is 0 Å². The summed E-state index contributed by atoms with van der Waals surface area (Å²) in [6, 6.07) is 0.868. The van der Waals surface area contributed by atoms with Crippen LogP contribution in [0.5, 0.6) is 0 Å². The van der Waals surface area contributed by atoms with Crippen LogP contribution < -0.4 is 26.4 Å². The molecule has 1 saturated heterocycles. The van der Waals surface area contributed by atoms with Gasteiger partial charge < -0.3 is 25.4 Å². The Morgan fingerprint density at radius 2 is 1.88 bits per heavy atom. The van der Waals surface area contributed by atoms with E-state index in [0.29, 0.717) is 19.5 Å². The topological polar surface area (TPSA) is 132 Å². The maximum absolute atomic E-state index is 15.1. The standard InChI is InChI=1S/C20H27ClFN5O5/c1-20(2,3)32-19(31)24-11-6-7-27(9-11)16-13(22)8-12(17(28)25-26-18(29)30)15(14(16)21)23-10-4-5-10/h8,10-11,23,26H,4-7,9H2,1-3H3,(H,24,31)(H,25,28)(H,29,30)/t11-/m0/s1. The van der Waals surface area contributed by atoms with Crippen molar-refractivity contribution in [2.45, 2.75) is 57.7 Å². The summed E-state index contributed by atoms with van der Waals surface area (Å²) in [5.41, 5.74) is 3.35. The molecule has 176 valence electrons. The Morgan fingerprint density at radius 3 is 2.47 bits per heavy atom. The van der Waals surface area contributed by atoms with E-state index in [0.717, 1.165) is 18.9 Å². The van der Waals surface area contributed by atoms with E-state index < -0.39 is 29.5 Å². The summed E-state index contributed by atoms with van der Waals surface area (Å²) < 4.78 is 20.4. The highest BCUT2D eigenvalue weighted by Crippen LogP contribution is 2.41. The second-order valence-corrected chi connectivity index (χ2v) is 9.20. The summed E-state index contributed by atoms with van der Waals surface area (Å²) in [4.78, 5) is 36.8. The molecule has 1 saturated carbocycles. The molecule has 1 aliphatic carbocycles. The first-order valence-corrected chi connectivity index (χ1v) is 10.6. The lowest BCUT2D eigenvalue weighted by Crippen LogP contribution is -2.41. The number of carbonyl (C=O) groups is 3. The van der Waals surface area contributed by atoms with Gasteiger partial charge in [-0.25, -0.2) is 19.4 Å². The lowest BCUT2D eigenvalue weighted by Gasteiger charge is -2.25. The molecule has 0 aromatic heterocycles. The molecule has 12 heteroatoms. The van der Waals surface area contributed by atoms with Gasteiger partial charge >= 0.3 is 12.2 Å². The molecule has 1 atom stereocenters. The summed E-state index contributed by atoms with van der Waals surface area (Å²) in [7, 11) is 0. The third kappa shape index (κ3) is 6.06. The molecule has 32 heavy (non-hydrogen) atoms. The number of halogens is 2. The first kappa shape index (κ1) is 23.7. The van der Waals surface area contributed by atoms with Crippen molar-refractivity contribution in [2.24, 2.45) is 0 Å². The minimum atomic E-state index is -1.46. The number of hydrazine groups is 1. The minimum absolute atomic E-state index is 0.0234. The number of hydrogen-bond donors (Lipinski definition) is 5. The van der Waals surface area contributed by atoms with Crippen molar-refractivity contribution in [3.05, 3.63) is 22.5 Å². The lowest BCUT2D eigenvalue weighted by molar-refractivity contribution is 0.0508. The van der Waals surface area contributed by atoms with E-state index in [2.05, 4.69) is 10.6 Å². The molecule has 2 fully saturated rings. The Morgan fingerprint density at radius 1 is 1.19 bits per heavy atom. The Hall–Kier alpha value is -2.95. The van der Waals surface area contributed by atoms with Crippen LogP contribution in [0, 0.1) is 5.82 Å². The largest absolute Gasteiger partial charge is 0.464 e. The van der Waals surface area contributed by atoms with E-state index >= 15 is 4.39 Å². The Kier molecular flexibility index (Phi) is 6.87. The molecular weight excluding hydrogens is 445 g/mol. The predicted octanol–water partition coefficient (Wildman–Crippen LogP) is 3.07. The number of alkyl carbamates (subject to hydrolysis) is 1. The van der Waals surface area contributed by atoms with Crippen LogP contribution in [0.15, 0.2) is 6.07 Å². The number of nitrogens with zero attached hydrogens (tertiary/aromatic N) is 1. The number of anilines is 2. The van der Waals surface area contributed by atoms with Crippen LogP contribution in [-0.2, 0) is 4.74 Å². The third-order valence-electron chi connectivity index (χ3n) is 4.87. The van der Waals surface area contributed by atoms with Crippen LogP contribution in [0.4, 0.5) is 25.4 Å². The number of carbonyl (C=O) groups excluding carboxylic acids is 2. The quantitative estimate of drug-likeness (QED) is 0.417. The number of benzene rings is 1. The van der Waals surface area contributed by atoms with Gasteiger partial charge in [-0.05, 0) is 46.1 Å². The van der Waals surface area contributed by atoms with Crippen molar-refractivity contribution in [1.82, 2.24) is 16.2 Å². The van der Waals surface area contributed by atoms with E-state index in [-0.39, 0.29) is 34.0 Å². The van der Waals surface area contributed by atoms with Gasteiger partial charge in [-0.15, -0.1) is 0 Å². The van der Waals surface area contributed by atoms with Crippen LogP contribution in [0.2, 0.25) is 5.02 Å². The molecule has 1 aliphatic heterocycles. The van der Waals surface area contributed by atoms with Crippen molar-refractivity contribution in [3.63, 3.8) is 0 Å². The van der Waals surface area contributed by atoms with Crippen molar-refractivity contribution in [2.75, 3.05) is 23.3 Å². The van der Waals surface area contributed by atoms with Crippen LogP contribution >= 0.6 is 11.6 Å². The average Bonchev–Trinajstić information content (AvgIpc) is 3.38. The fourth-order valence-electron chi connectivity index (χ4n) is 3.38. The number of ether oxygens (including phenoxy) is 1. The highest BCUT2D eigenvalue weighted by Gasteiger charge is 2.33. The number of nitrogens with one attached hydrogen (secondary N) is 4. The van der Waals surface area contributed by atoms with Crippen molar-refractivity contribution in [3.8, 4) is 0 Å². The summed E-state index contributed by atoms with van der Waals surface area (Å²) in [5, 5.41) is 14.6. The first-order chi connectivity index (χ1) is 14.9. The van der Waals surface area contributed by atoms with Gasteiger partial charge in [-0.1, -0.05) is 11.6 Å². The van der Waals surface area contributed by atoms with E-state index in [1.165, 1.54) is 0 Å². The minimum Gasteiger partial charge on any atom is -0.464 e. The Labute approximate surface area is 189 Å².